The largest absolute Gasteiger partial charge is 0.462 e. The molecule has 0 aliphatic heterocycles. The fourth-order valence-corrected chi connectivity index (χ4v) is 10.7. The second kappa shape index (κ2) is 66.4. The van der Waals surface area contributed by atoms with Crippen molar-refractivity contribution in [1.29, 1.82) is 0 Å². The van der Waals surface area contributed by atoms with Crippen molar-refractivity contribution in [3.05, 3.63) is 24.3 Å². The maximum absolute atomic E-state index is 12.9. The van der Waals surface area contributed by atoms with Crippen LogP contribution in [0.5, 0.6) is 0 Å². The van der Waals surface area contributed by atoms with Gasteiger partial charge in [-0.15, -0.1) is 0 Å². The summed E-state index contributed by atoms with van der Waals surface area (Å²) in [5.74, 6) is -0.858. The number of allylic oxidation sites excluding steroid dienone is 4. The smallest absolute Gasteiger partial charge is 0.306 e. The first-order valence-corrected chi connectivity index (χ1v) is 34.8. The third kappa shape index (κ3) is 64.6. The molecular formula is C71H134O6. The Kier molecular flexibility index (Phi) is 64.6. The predicted molar refractivity (Wildman–Crippen MR) is 335 cm³/mol. The average molecular weight is 1080 g/mol. The van der Waals surface area contributed by atoms with E-state index in [0.717, 1.165) is 77.0 Å². The molecule has 0 aromatic heterocycles. The molecule has 0 aliphatic rings. The summed E-state index contributed by atoms with van der Waals surface area (Å²) in [6, 6.07) is 0. The molecule has 0 N–H and O–H groups in total. The highest BCUT2D eigenvalue weighted by atomic mass is 16.6. The van der Waals surface area contributed by atoms with Gasteiger partial charge in [0.15, 0.2) is 6.10 Å². The van der Waals surface area contributed by atoms with Crippen LogP contribution >= 0.6 is 0 Å². The first kappa shape index (κ1) is 74.9. The molecule has 6 heteroatoms. The van der Waals surface area contributed by atoms with Crippen LogP contribution in [0.2, 0.25) is 0 Å². The maximum Gasteiger partial charge on any atom is 0.306 e. The zero-order valence-electron chi connectivity index (χ0n) is 52.3. The number of ether oxygens (including phenoxy) is 3. The van der Waals surface area contributed by atoms with Gasteiger partial charge in [0, 0.05) is 19.3 Å². The molecule has 0 radical (unpaired) electrons. The molecule has 0 fully saturated rings. The number of esters is 3. The Morgan fingerprint density at radius 1 is 0.260 bits per heavy atom. The van der Waals surface area contributed by atoms with Crippen LogP contribution in [0.15, 0.2) is 24.3 Å². The molecule has 0 saturated heterocycles. The maximum atomic E-state index is 12.9. The van der Waals surface area contributed by atoms with E-state index in [1.807, 2.05) is 0 Å². The van der Waals surface area contributed by atoms with Crippen LogP contribution in [-0.2, 0) is 28.6 Å². The normalized spacial score (nSPS) is 12.1. The highest BCUT2D eigenvalue weighted by Gasteiger charge is 2.19. The summed E-state index contributed by atoms with van der Waals surface area (Å²) in [6.07, 6.45) is 80.8. The Labute approximate surface area is 481 Å². The molecule has 0 aromatic carbocycles. The van der Waals surface area contributed by atoms with E-state index >= 15 is 0 Å². The van der Waals surface area contributed by atoms with Crippen molar-refractivity contribution in [2.45, 2.75) is 399 Å². The molecule has 0 spiro atoms. The van der Waals surface area contributed by atoms with Gasteiger partial charge in [-0.25, -0.2) is 0 Å². The molecule has 0 heterocycles. The summed E-state index contributed by atoms with van der Waals surface area (Å²) in [5, 5.41) is 0. The molecule has 0 aromatic rings. The minimum atomic E-state index is -0.775. The van der Waals surface area contributed by atoms with Gasteiger partial charge >= 0.3 is 17.9 Å². The zero-order chi connectivity index (χ0) is 55.7. The Morgan fingerprint density at radius 2 is 0.481 bits per heavy atom. The number of rotatable bonds is 65. The van der Waals surface area contributed by atoms with E-state index in [1.54, 1.807) is 0 Å². The molecule has 0 bridgehead atoms. The van der Waals surface area contributed by atoms with Crippen LogP contribution < -0.4 is 0 Å². The van der Waals surface area contributed by atoms with E-state index in [2.05, 4.69) is 45.1 Å². The van der Waals surface area contributed by atoms with Crippen LogP contribution in [0.3, 0.4) is 0 Å². The van der Waals surface area contributed by atoms with E-state index in [4.69, 9.17) is 14.2 Å². The topological polar surface area (TPSA) is 78.9 Å². The van der Waals surface area contributed by atoms with Gasteiger partial charge in [0.1, 0.15) is 13.2 Å². The fraction of sp³-hybridized carbons (Fsp3) is 0.901. The molecule has 1 unspecified atom stereocenters. The van der Waals surface area contributed by atoms with Gasteiger partial charge in [-0.2, -0.15) is 0 Å². The molecule has 77 heavy (non-hydrogen) atoms. The predicted octanol–water partition coefficient (Wildman–Crippen LogP) is 23.8. The van der Waals surface area contributed by atoms with Crippen molar-refractivity contribution in [2.75, 3.05) is 13.2 Å². The lowest BCUT2D eigenvalue weighted by atomic mass is 10.0. The lowest BCUT2D eigenvalue weighted by molar-refractivity contribution is -0.167. The highest BCUT2D eigenvalue weighted by Crippen LogP contribution is 2.19. The quantitative estimate of drug-likeness (QED) is 0.0261. The summed E-state index contributed by atoms with van der Waals surface area (Å²) in [7, 11) is 0. The molecule has 0 amide bonds. The minimum absolute atomic E-state index is 0.0712. The Hall–Kier alpha value is -2.11. The molecule has 6 nitrogen and oxygen atoms in total. The number of carbonyl (C=O) groups is 3. The van der Waals surface area contributed by atoms with E-state index in [9.17, 15) is 14.4 Å². The first-order chi connectivity index (χ1) is 38.0. The summed E-state index contributed by atoms with van der Waals surface area (Å²) >= 11 is 0. The first-order valence-electron chi connectivity index (χ1n) is 34.8. The minimum Gasteiger partial charge on any atom is -0.462 e. The third-order valence-corrected chi connectivity index (χ3v) is 16.0. The lowest BCUT2D eigenvalue weighted by Crippen LogP contribution is -2.30. The third-order valence-electron chi connectivity index (χ3n) is 16.0. The zero-order valence-corrected chi connectivity index (χ0v) is 52.3. The van der Waals surface area contributed by atoms with Crippen LogP contribution in [0.25, 0.3) is 0 Å². The number of unbranched alkanes of at least 4 members (excludes halogenated alkanes) is 50. The second-order valence-electron chi connectivity index (χ2n) is 23.8. The van der Waals surface area contributed by atoms with Crippen molar-refractivity contribution < 1.29 is 28.6 Å². The van der Waals surface area contributed by atoms with Gasteiger partial charge < -0.3 is 14.2 Å². The highest BCUT2D eigenvalue weighted by molar-refractivity contribution is 5.71. The summed E-state index contributed by atoms with van der Waals surface area (Å²) < 4.78 is 16.9. The van der Waals surface area contributed by atoms with E-state index < -0.39 is 6.10 Å². The van der Waals surface area contributed by atoms with Crippen LogP contribution in [-0.4, -0.2) is 37.2 Å². The van der Waals surface area contributed by atoms with Crippen molar-refractivity contribution in [1.82, 2.24) is 0 Å². The molecule has 1 atom stereocenters. The Morgan fingerprint density at radius 3 is 0.753 bits per heavy atom. The van der Waals surface area contributed by atoms with Crippen molar-refractivity contribution in [2.24, 2.45) is 0 Å². The fourth-order valence-electron chi connectivity index (χ4n) is 10.7. The van der Waals surface area contributed by atoms with Gasteiger partial charge in [-0.3, -0.25) is 14.4 Å². The second-order valence-corrected chi connectivity index (χ2v) is 23.8. The van der Waals surface area contributed by atoms with Gasteiger partial charge in [0.05, 0.1) is 0 Å². The SMILES string of the molecule is CCCC/C=C\C/C=C\CCCCCCCC(=O)OC(COC(=O)CCCCCCCCCCCCCCC)COC(=O)CCCCCCCCCCCCCCCCCCCCCCCCCCCCCCCCCC. The average Bonchev–Trinajstić information content (AvgIpc) is 3.43. The molecule has 454 valence electrons. The van der Waals surface area contributed by atoms with Gasteiger partial charge in [-0.05, 0) is 44.9 Å². The Bertz CT molecular complexity index is 1240. The Balaban J connectivity index is 4.06. The van der Waals surface area contributed by atoms with E-state index in [0.29, 0.717) is 19.3 Å². The van der Waals surface area contributed by atoms with Crippen LogP contribution in [0.4, 0.5) is 0 Å². The molecule has 0 rings (SSSR count). The summed E-state index contributed by atoms with van der Waals surface area (Å²) in [5.41, 5.74) is 0. The van der Waals surface area contributed by atoms with E-state index in [-0.39, 0.29) is 31.1 Å². The molecule has 0 aliphatic carbocycles. The summed E-state index contributed by atoms with van der Waals surface area (Å²) in [6.45, 7) is 6.66. The van der Waals surface area contributed by atoms with Crippen molar-refractivity contribution in [3.8, 4) is 0 Å². The van der Waals surface area contributed by atoms with Gasteiger partial charge in [0.2, 0.25) is 0 Å². The van der Waals surface area contributed by atoms with Crippen molar-refractivity contribution >= 4 is 17.9 Å². The number of carbonyl (C=O) groups excluding carboxylic acids is 3. The number of hydrogen-bond acceptors (Lipinski definition) is 6. The summed E-state index contributed by atoms with van der Waals surface area (Å²) in [4.78, 5) is 38.3. The standard InChI is InChI=1S/C71H134O6/c1-4-7-10-13-16-19-22-25-27-28-29-30-31-32-33-34-35-36-37-38-39-40-41-42-43-44-47-49-52-55-58-61-64-70(73)76-67-68(66-75-69(72)63-60-57-54-51-48-45-24-21-18-15-12-9-6-3)77-71(74)65-62-59-56-53-50-46-26-23-20-17-14-11-8-5-2/h14,17,23,26,68H,4-13,15-16,18-22,24-25,27-67H2,1-3H3/b17-14-,26-23-. The molecular weight excluding hydrogens is 949 g/mol. The van der Waals surface area contributed by atoms with Gasteiger partial charge in [-0.1, -0.05) is 353 Å². The van der Waals surface area contributed by atoms with Crippen LogP contribution in [0, 0.1) is 0 Å². The number of hydrogen-bond donors (Lipinski definition) is 0. The van der Waals surface area contributed by atoms with Crippen molar-refractivity contribution in [3.63, 3.8) is 0 Å². The van der Waals surface area contributed by atoms with Crippen LogP contribution in [0.1, 0.15) is 393 Å². The lowest BCUT2D eigenvalue weighted by Gasteiger charge is -2.18. The van der Waals surface area contributed by atoms with E-state index in [1.165, 1.54) is 276 Å². The molecule has 0 saturated carbocycles. The van der Waals surface area contributed by atoms with Gasteiger partial charge in [0.25, 0.3) is 0 Å². The monoisotopic (exact) mass is 1080 g/mol.